The molecule has 0 saturated heterocycles. The lowest BCUT2D eigenvalue weighted by molar-refractivity contribution is 0.0358. The smallest absolute Gasteiger partial charge is 0.0716 e. The largest absolute Gasteiger partial charge is 0.389 e. The van der Waals surface area contributed by atoms with Gasteiger partial charge in [-0.2, -0.15) is 0 Å². The molecule has 0 heterocycles. The molecular formula is C18H21ClO. The molecule has 0 aromatic heterocycles. The molecule has 0 fully saturated rings. The Labute approximate surface area is 127 Å². The molecule has 0 bridgehead atoms. The summed E-state index contributed by atoms with van der Waals surface area (Å²) >= 11 is 5.81. The molecule has 0 unspecified atom stereocenters. The first-order valence-electron chi connectivity index (χ1n) is 6.78. The van der Waals surface area contributed by atoms with E-state index in [1.54, 1.807) is 12.2 Å². The summed E-state index contributed by atoms with van der Waals surface area (Å²) in [6.45, 7) is 7.37. The first kappa shape index (κ1) is 16.6. The van der Waals surface area contributed by atoms with Crippen LogP contribution in [0.1, 0.15) is 37.7 Å². The zero-order valence-corrected chi connectivity index (χ0v) is 12.5. The number of benzene rings is 1. The Morgan fingerprint density at radius 3 is 2.30 bits per heavy atom. The predicted octanol–water partition coefficient (Wildman–Crippen LogP) is 4.75. The molecule has 20 heavy (non-hydrogen) atoms. The molecule has 1 N–H and O–H groups in total. The number of aliphatic hydroxyl groups is 1. The Morgan fingerprint density at radius 2 is 1.75 bits per heavy atom. The van der Waals surface area contributed by atoms with Gasteiger partial charge < -0.3 is 5.11 Å². The van der Waals surface area contributed by atoms with Crippen LogP contribution in [0.5, 0.6) is 0 Å². The standard InChI is InChI=1S/C18H21ClO/c1-3-13-18(20,14-4-2)15-7-5-6-8-16-9-11-17(19)12-10-16/h3-4,9-12,20H,1-2,5,7,13-15H2. The van der Waals surface area contributed by atoms with Gasteiger partial charge in [0.15, 0.2) is 0 Å². The van der Waals surface area contributed by atoms with Gasteiger partial charge in [0.2, 0.25) is 0 Å². The van der Waals surface area contributed by atoms with Gasteiger partial charge in [-0.05, 0) is 49.9 Å². The van der Waals surface area contributed by atoms with Gasteiger partial charge in [-0.15, -0.1) is 13.2 Å². The van der Waals surface area contributed by atoms with Crippen molar-refractivity contribution in [3.63, 3.8) is 0 Å². The second-order valence-electron chi connectivity index (χ2n) is 4.87. The van der Waals surface area contributed by atoms with E-state index in [2.05, 4.69) is 25.0 Å². The Hall–Kier alpha value is -1.49. The molecular weight excluding hydrogens is 268 g/mol. The lowest BCUT2D eigenvalue weighted by Gasteiger charge is -2.25. The SMILES string of the molecule is C=CCC(O)(CC=C)CCCC#Cc1ccc(Cl)cc1. The highest BCUT2D eigenvalue weighted by molar-refractivity contribution is 6.30. The molecule has 1 nitrogen and oxygen atoms in total. The minimum Gasteiger partial charge on any atom is -0.389 e. The second kappa shape index (κ2) is 8.64. The van der Waals surface area contributed by atoms with Crippen molar-refractivity contribution < 1.29 is 5.11 Å². The zero-order valence-electron chi connectivity index (χ0n) is 11.7. The third kappa shape index (κ3) is 6.10. The van der Waals surface area contributed by atoms with E-state index in [4.69, 9.17) is 11.6 Å². The van der Waals surface area contributed by atoms with Gasteiger partial charge in [0.1, 0.15) is 0 Å². The molecule has 0 atom stereocenters. The fourth-order valence-corrected chi connectivity index (χ4v) is 2.15. The summed E-state index contributed by atoms with van der Waals surface area (Å²) in [5.74, 6) is 6.21. The van der Waals surface area contributed by atoms with Crippen LogP contribution in [0, 0.1) is 11.8 Å². The summed E-state index contributed by atoms with van der Waals surface area (Å²) in [7, 11) is 0. The normalized spacial score (nSPS) is 10.5. The first-order valence-corrected chi connectivity index (χ1v) is 7.16. The fraction of sp³-hybridized carbons (Fsp3) is 0.333. The Kier molecular flexibility index (Phi) is 7.15. The molecule has 0 spiro atoms. The molecule has 0 radical (unpaired) electrons. The average Bonchev–Trinajstić information content (AvgIpc) is 2.41. The van der Waals surface area contributed by atoms with Gasteiger partial charge in [-0.1, -0.05) is 35.6 Å². The number of hydrogen-bond donors (Lipinski definition) is 1. The van der Waals surface area contributed by atoms with Crippen molar-refractivity contribution in [3.05, 3.63) is 60.2 Å². The van der Waals surface area contributed by atoms with E-state index in [-0.39, 0.29) is 0 Å². The molecule has 2 heteroatoms. The van der Waals surface area contributed by atoms with Gasteiger partial charge in [0.05, 0.1) is 5.60 Å². The van der Waals surface area contributed by atoms with Crippen molar-refractivity contribution in [2.45, 2.75) is 37.7 Å². The van der Waals surface area contributed by atoms with Crippen LogP contribution in [0.25, 0.3) is 0 Å². The van der Waals surface area contributed by atoms with E-state index >= 15 is 0 Å². The van der Waals surface area contributed by atoms with Crippen molar-refractivity contribution in [2.24, 2.45) is 0 Å². The molecule has 0 aliphatic carbocycles. The van der Waals surface area contributed by atoms with E-state index in [0.717, 1.165) is 23.4 Å². The topological polar surface area (TPSA) is 20.2 Å². The van der Waals surface area contributed by atoms with Crippen molar-refractivity contribution >= 4 is 11.6 Å². The highest BCUT2D eigenvalue weighted by atomic mass is 35.5. The minimum absolute atomic E-state index is 0.587. The van der Waals surface area contributed by atoms with E-state index in [0.29, 0.717) is 19.3 Å². The van der Waals surface area contributed by atoms with Crippen LogP contribution < -0.4 is 0 Å². The number of rotatable bonds is 7. The summed E-state index contributed by atoms with van der Waals surface area (Å²) in [6, 6.07) is 7.47. The van der Waals surface area contributed by atoms with Crippen molar-refractivity contribution in [1.82, 2.24) is 0 Å². The van der Waals surface area contributed by atoms with Gasteiger partial charge in [-0.3, -0.25) is 0 Å². The lowest BCUT2D eigenvalue weighted by atomic mass is 9.89. The Bertz CT molecular complexity index is 480. The van der Waals surface area contributed by atoms with Crippen molar-refractivity contribution in [3.8, 4) is 11.8 Å². The maximum Gasteiger partial charge on any atom is 0.0716 e. The quantitative estimate of drug-likeness (QED) is 0.436. The van der Waals surface area contributed by atoms with Crippen LogP contribution >= 0.6 is 11.6 Å². The monoisotopic (exact) mass is 288 g/mol. The number of unbranched alkanes of at least 4 members (excludes halogenated alkanes) is 1. The Morgan fingerprint density at radius 1 is 1.15 bits per heavy atom. The van der Waals surface area contributed by atoms with Gasteiger partial charge in [0, 0.05) is 17.0 Å². The fourth-order valence-electron chi connectivity index (χ4n) is 2.03. The molecule has 106 valence electrons. The third-order valence-corrected chi connectivity index (χ3v) is 3.32. The highest BCUT2D eigenvalue weighted by Crippen LogP contribution is 2.23. The highest BCUT2D eigenvalue weighted by Gasteiger charge is 2.22. The summed E-state index contributed by atoms with van der Waals surface area (Å²) in [6.07, 6.45) is 7.01. The molecule has 0 aliphatic rings. The van der Waals surface area contributed by atoms with Crippen LogP contribution in [0.4, 0.5) is 0 Å². The summed E-state index contributed by atoms with van der Waals surface area (Å²) in [5.41, 5.74) is 0.243. The van der Waals surface area contributed by atoms with E-state index in [1.807, 2.05) is 24.3 Å². The van der Waals surface area contributed by atoms with Crippen LogP contribution in [-0.2, 0) is 0 Å². The molecule has 1 aromatic rings. The zero-order chi connectivity index (χ0) is 14.8. The minimum atomic E-state index is -0.717. The first-order chi connectivity index (χ1) is 9.59. The van der Waals surface area contributed by atoms with Gasteiger partial charge >= 0.3 is 0 Å². The van der Waals surface area contributed by atoms with Crippen LogP contribution in [0.3, 0.4) is 0 Å². The molecule has 0 aliphatic heterocycles. The van der Waals surface area contributed by atoms with Gasteiger partial charge in [0.25, 0.3) is 0 Å². The molecule has 1 rings (SSSR count). The van der Waals surface area contributed by atoms with Crippen LogP contribution in [0.15, 0.2) is 49.6 Å². The summed E-state index contributed by atoms with van der Waals surface area (Å²) in [5, 5.41) is 11.1. The number of hydrogen-bond acceptors (Lipinski definition) is 1. The van der Waals surface area contributed by atoms with Crippen molar-refractivity contribution in [2.75, 3.05) is 0 Å². The van der Waals surface area contributed by atoms with E-state index in [1.165, 1.54) is 0 Å². The maximum atomic E-state index is 10.4. The average molecular weight is 289 g/mol. The van der Waals surface area contributed by atoms with E-state index in [9.17, 15) is 5.11 Å². The molecule has 0 saturated carbocycles. The molecule has 1 aromatic carbocycles. The predicted molar refractivity (Wildman–Crippen MR) is 86.8 cm³/mol. The third-order valence-electron chi connectivity index (χ3n) is 3.07. The molecule has 0 amide bonds. The Balaban J connectivity index is 2.42. The van der Waals surface area contributed by atoms with Crippen LogP contribution in [0.2, 0.25) is 5.02 Å². The van der Waals surface area contributed by atoms with Crippen LogP contribution in [-0.4, -0.2) is 10.7 Å². The number of halogens is 1. The second-order valence-corrected chi connectivity index (χ2v) is 5.31. The van der Waals surface area contributed by atoms with E-state index < -0.39 is 5.60 Å². The maximum absolute atomic E-state index is 10.4. The summed E-state index contributed by atoms with van der Waals surface area (Å²) < 4.78 is 0. The lowest BCUT2D eigenvalue weighted by Crippen LogP contribution is -2.26. The van der Waals surface area contributed by atoms with Crippen molar-refractivity contribution in [1.29, 1.82) is 0 Å². The summed E-state index contributed by atoms with van der Waals surface area (Å²) in [4.78, 5) is 0. The van der Waals surface area contributed by atoms with Gasteiger partial charge in [-0.25, -0.2) is 0 Å².